The summed E-state index contributed by atoms with van der Waals surface area (Å²) in [6.45, 7) is 1.37. The first-order valence-corrected chi connectivity index (χ1v) is 9.36. The Morgan fingerprint density at radius 3 is 2.84 bits per heavy atom. The molecule has 0 spiro atoms. The molecule has 4 rings (SSSR count). The van der Waals surface area contributed by atoms with E-state index >= 15 is 0 Å². The van der Waals surface area contributed by atoms with E-state index in [1.54, 1.807) is 18.2 Å². The van der Waals surface area contributed by atoms with Crippen LogP contribution in [-0.4, -0.2) is 32.6 Å². The molecule has 5 heteroatoms. The lowest BCUT2D eigenvalue weighted by Crippen LogP contribution is -2.30. The van der Waals surface area contributed by atoms with Crippen LogP contribution in [0.15, 0.2) is 24.3 Å². The van der Waals surface area contributed by atoms with E-state index < -0.39 is 6.10 Å². The summed E-state index contributed by atoms with van der Waals surface area (Å²) in [6, 6.07) is 6.73. The highest BCUT2D eigenvalue weighted by molar-refractivity contribution is 5.23. The van der Waals surface area contributed by atoms with Crippen molar-refractivity contribution >= 4 is 0 Å². The number of rotatable bonds is 4. The summed E-state index contributed by atoms with van der Waals surface area (Å²) < 4.78 is 16.2. The second-order valence-corrected chi connectivity index (χ2v) is 7.32. The molecule has 0 amide bonds. The van der Waals surface area contributed by atoms with Crippen molar-refractivity contribution in [2.45, 2.75) is 50.7 Å². The van der Waals surface area contributed by atoms with Crippen molar-refractivity contribution in [3.8, 4) is 0 Å². The summed E-state index contributed by atoms with van der Waals surface area (Å²) in [5, 5.41) is 10.5. The number of benzene rings is 1. The summed E-state index contributed by atoms with van der Waals surface area (Å²) in [4.78, 5) is 7.21. The molecule has 1 aromatic carbocycles. The van der Waals surface area contributed by atoms with E-state index in [9.17, 15) is 9.50 Å². The Balaban J connectivity index is 1.55. The molecule has 1 aliphatic carbocycles. The average Bonchev–Trinajstić information content (AvgIpc) is 3.20. The fourth-order valence-corrected chi connectivity index (χ4v) is 4.41. The number of aryl methyl sites for hydroxylation is 1. The Hall–Kier alpha value is -1.72. The quantitative estimate of drug-likeness (QED) is 0.926. The van der Waals surface area contributed by atoms with Crippen molar-refractivity contribution < 1.29 is 9.50 Å². The van der Waals surface area contributed by atoms with E-state index in [-0.39, 0.29) is 11.9 Å². The van der Waals surface area contributed by atoms with E-state index in [1.807, 2.05) is 0 Å². The van der Waals surface area contributed by atoms with Crippen LogP contribution in [0, 0.1) is 5.82 Å². The summed E-state index contributed by atoms with van der Waals surface area (Å²) in [5.41, 5.74) is 3.01. The van der Waals surface area contributed by atoms with Gasteiger partial charge in [-0.1, -0.05) is 18.2 Å². The minimum Gasteiger partial charge on any atom is -0.387 e. The van der Waals surface area contributed by atoms with Gasteiger partial charge < -0.3 is 9.67 Å². The van der Waals surface area contributed by atoms with Crippen LogP contribution in [0.3, 0.4) is 0 Å². The molecular formula is C20H26FN3O. The average molecular weight is 343 g/mol. The minimum atomic E-state index is -0.809. The highest BCUT2D eigenvalue weighted by atomic mass is 19.1. The Labute approximate surface area is 148 Å². The number of aliphatic hydroxyl groups is 1. The SMILES string of the molecule is Cn1c([C@H]2CCCN2C[C@@H](O)c2ccccc2F)nc2c1CCCC2. The van der Waals surface area contributed by atoms with Gasteiger partial charge in [0.2, 0.25) is 0 Å². The lowest BCUT2D eigenvalue weighted by Gasteiger charge is -2.27. The zero-order valence-electron chi connectivity index (χ0n) is 14.8. The topological polar surface area (TPSA) is 41.3 Å². The largest absolute Gasteiger partial charge is 0.387 e. The first kappa shape index (κ1) is 16.7. The maximum Gasteiger partial charge on any atom is 0.129 e. The van der Waals surface area contributed by atoms with Crippen molar-refractivity contribution in [2.75, 3.05) is 13.1 Å². The van der Waals surface area contributed by atoms with Crippen LogP contribution in [0.2, 0.25) is 0 Å². The van der Waals surface area contributed by atoms with Crippen LogP contribution < -0.4 is 0 Å². The number of imidazole rings is 1. The van der Waals surface area contributed by atoms with Gasteiger partial charge in [0.1, 0.15) is 11.6 Å². The van der Waals surface area contributed by atoms with Crippen molar-refractivity contribution in [1.82, 2.24) is 14.5 Å². The fraction of sp³-hybridized carbons (Fsp3) is 0.550. The molecule has 0 saturated carbocycles. The minimum absolute atomic E-state index is 0.219. The number of fused-ring (bicyclic) bond motifs is 1. The monoisotopic (exact) mass is 343 g/mol. The highest BCUT2D eigenvalue weighted by Gasteiger charge is 2.33. The fourth-order valence-electron chi connectivity index (χ4n) is 4.41. The van der Waals surface area contributed by atoms with Gasteiger partial charge in [0, 0.05) is 24.8 Å². The maximum absolute atomic E-state index is 14.0. The van der Waals surface area contributed by atoms with Crippen molar-refractivity contribution in [3.05, 3.63) is 52.9 Å². The van der Waals surface area contributed by atoms with Crippen LogP contribution in [0.4, 0.5) is 4.39 Å². The zero-order valence-corrected chi connectivity index (χ0v) is 14.8. The Morgan fingerprint density at radius 2 is 2.04 bits per heavy atom. The molecule has 1 saturated heterocycles. The third kappa shape index (κ3) is 3.11. The van der Waals surface area contributed by atoms with E-state index in [1.165, 1.54) is 30.3 Å². The first-order chi connectivity index (χ1) is 12.1. The molecule has 2 heterocycles. The van der Waals surface area contributed by atoms with Crippen LogP contribution in [-0.2, 0) is 19.9 Å². The van der Waals surface area contributed by atoms with Gasteiger partial charge in [-0.3, -0.25) is 4.90 Å². The number of β-amino-alcohol motifs (C(OH)–C–C–N with tert-alkyl or cyclic N) is 1. The second-order valence-electron chi connectivity index (χ2n) is 7.32. The number of likely N-dealkylation sites (tertiary alicyclic amines) is 1. The molecule has 0 bridgehead atoms. The molecule has 1 N–H and O–H groups in total. The zero-order chi connectivity index (χ0) is 17.4. The molecule has 0 unspecified atom stereocenters. The van der Waals surface area contributed by atoms with Crippen molar-refractivity contribution in [2.24, 2.45) is 7.05 Å². The summed E-state index contributed by atoms with van der Waals surface area (Å²) in [7, 11) is 2.12. The van der Waals surface area contributed by atoms with E-state index in [0.29, 0.717) is 12.1 Å². The Morgan fingerprint density at radius 1 is 1.24 bits per heavy atom. The van der Waals surface area contributed by atoms with E-state index in [0.717, 1.165) is 38.1 Å². The van der Waals surface area contributed by atoms with Gasteiger partial charge in [0.05, 0.1) is 17.8 Å². The first-order valence-electron chi connectivity index (χ1n) is 9.36. The van der Waals surface area contributed by atoms with Gasteiger partial charge in [-0.2, -0.15) is 0 Å². The normalized spacial score (nSPS) is 22.1. The summed E-state index contributed by atoms with van der Waals surface area (Å²) in [6.07, 6.45) is 5.99. The molecule has 2 aliphatic rings. The van der Waals surface area contributed by atoms with Crippen LogP contribution in [0.25, 0.3) is 0 Å². The van der Waals surface area contributed by atoms with Gasteiger partial charge in [-0.05, 0) is 51.1 Å². The molecule has 134 valence electrons. The smallest absolute Gasteiger partial charge is 0.129 e. The van der Waals surface area contributed by atoms with Gasteiger partial charge >= 0.3 is 0 Å². The third-order valence-corrected chi connectivity index (χ3v) is 5.74. The molecule has 2 aromatic rings. The van der Waals surface area contributed by atoms with E-state index in [2.05, 4.69) is 16.5 Å². The number of hydrogen-bond acceptors (Lipinski definition) is 3. The van der Waals surface area contributed by atoms with Crippen LogP contribution in [0.5, 0.6) is 0 Å². The van der Waals surface area contributed by atoms with E-state index in [4.69, 9.17) is 4.98 Å². The molecule has 25 heavy (non-hydrogen) atoms. The Kier molecular flexibility index (Phi) is 4.61. The highest BCUT2D eigenvalue weighted by Crippen LogP contribution is 2.35. The molecular weight excluding hydrogens is 317 g/mol. The summed E-state index contributed by atoms with van der Waals surface area (Å²) >= 11 is 0. The third-order valence-electron chi connectivity index (χ3n) is 5.74. The number of nitrogens with zero attached hydrogens (tertiary/aromatic N) is 3. The van der Waals surface area contributed by atoms with Gasteiger partial charge in [0.25, 0.3) is 0 Å². The second kappa shape index (κ2) is 6.89. The van der Waals surface area contributed by atoms with Crippen LogP contribution in [0.1, 0.15) is 60.6 Å². The van der Waals surface area contributed by atoms with Gasteiger partial charge in [-0.15, -0.1) is 0 Å². The molecule has 1 aliphatic heterocycles. The number of aromatic nitrogens is 2. The van der Waals surface area contributed by atoms with Gasteiger partial charge in [0.15, 0.2) is 0 Å². The molecule has 1 fully saturated rings. The van der Waals surface area contributed by atoms with Crippen molar-refractivity contribution in [3.63, 3.8) is 0 Å². The molecule has 4 nitrogen and oxygen atoms in total. The van der Waals surface area contributed by atoms with Crippen molar-refractivity contribution in [1.29, 1.82) is 0 Å². The number of aliphatic hydroxyl groups excluding tert-OH is 1. The molecule has 0 radical (unpaired) electrons. The Bertz CT molecular complexity index is 757. The summed E-state index contributed by atoms with van der Waals surface area (Å²) in [5.74, 6) is 0.781. The lowest BCUT2D eigenvalue weighted by atomic mass is 10.0. The predicted molar refractivity (Wildman–Crippen MR) is 94.8 cm³/mol. The van der Waals surface area contributed by atoms with Crippen LogP contribution >= 0.6 is 0 Å². The standard InChI is InChI=1S/C20H26FN3O/c1-23-17-10-5-4-9-16(17)22-20(23)18-11-6-12-24(18)13-19(25)14-7-2-3-8-15(14)21/h2-3,7-8,18-19,25H,4-6,9-13H2,1H3/t18-,19-/m1/s1. The lowest BCUT2D eigenvalue weighted by molar-refractivity contribution is 0.101. The predicted octanol–water partition coefficient (Wildman–Crippen LogP) is 3.31. The van der Waals surface area contributed by atoms with Gasteiger partial charge in [-0.25, -0.2) is 9.37 Å². The number of hydrogen-bond donors (Lipinski definition) is 1. The molecule has 1 aromatic heterocycles. The maximum atomic E-state index is 14.0. The molecule has 2 atom stereocenters. The number of halogens is 1.